The lowest BCUT2D eigenvalue weighted by Gasteiger charge is -2.33. The molecule has 0 heterocycles. The molecule has 1 aromatic rings. The van der Waals surface area contributed by atoms with Crippen LogP contribution >= 0.6 is 0 Å². The van der Waals surface area contributed by atoms with Crippen LogP contribution in [0.15, 0.2) is 24.3 Å². The van der Waals surface area contributed by atoms with Gasteiger partial charge in [-0.05, 0) is 30.9 Å². The van der Waals surface area contributed by atoms with Crippen LogP contribution in [0.5, 0.6) is 5.75 Å². The normalized spacial score (nSPS) is 16.6. The maximum Gasteiger partial charge on any atom is 0.328 e. The van der Waals surface area contributed by atoms with E-state index in [4.69, 9.17) is 9.47 Å². The molecule has 98 valence electrons. The van der Waals surface area contributed by atoms with Crippen molar-refractivity contribution in [2.45, 2.75) is 25.3 Å². The SMILES string of the molecule is COC(=O)C(Nc1cccc(OC)c1)C1CCC1. The predicted octanol–water partition coefficient (Wildman–Crippen LogP) is 2.45. The molecule has 0 bridgehead atoms. The Hall–Kier alpha value is -1.71. The molecule has 1 atom stereocenters. The van der Waals surface area contributed by atoms with Crippen LogP contribution in [0, 0.1) is 5.92 Å². The van der Waals surface area contributed by atoms with Gasteiger partial charge in [-0.25, -0.2) is 4.79 Å². The first-order valence-corrected chi connectivity index (χ1v) is 6.23. The van der Waals surface area contributed by atoms with Gasteiger partial charge in [-0.3, -0.25) is 0 Å². The van der Waals surface area contributed by atoms with Gasteiger partial charge >= 0.3 is 5.97 Å². The molecule has 2 rings (SSSR count). The standard InChI is InChI=1S/C14H19NO3/c1-17-12-8-4-7-11(9-12)15-13(14(16)18-2)10-5-3-6-10/h4,7-10,13,15H,3,5-6H2,1-2H3. The molecular formula is C14H19NO3. The van der Waals surface area contributed by atoms with Gasteiger partial charge in [0.05, 0.1) is 14.2 Å². The average Bonchev–Trinajstić information content (AvgIpc) is 2.35. The van der Waals surface area contributed by atoms with Crippen LogP contribution in [0.3, 0.4) is 0 Å². The number of methoxy groups -OCH3 is 2. The molecule has 1 aromatic carbocycles. The Morgan fingerprint density at radius 3 is 2.72 bits per heavy atom. The number of hydrogen-bond donors (Lipinski definition) is 1. The number of anilines is 1. The van der Waals surface area contributed by atoms with E-state index in [1.54, 1.807) is 7.11 Å². The molecule has 1 saturated carbocycles. The highest BCUT2D eigenvalue weighted by Crippen LogP contribution is 2.32. The minimum Gasteiger partial charge on any atom is -0.497 e. The topological polar surface area (TPSA) is 47.6 Å². The molecule has 1 aliphatic rings. The van der Waals surface area contributed by atoms with Crippen LogP contribution in [-0.2, 0) is 9.53 Å². The Kier molecular flexibility index (Phi) is 4.07. The number of carbonyl (C=O) groups is 1. The summed E-state index contributed by atoms with van der Waals surface area (Å²) in [6, 6.07) is 7.33. The van der Waals surface area contributed by atoms with Gasteiger partial charge < -0.3 is 14.8 Å². The van der Waals surface area contributed by atoms with E-state index < -0.39 is 0 Å². The van der Waals surface area contributed by atoms with Crippen molar-refractivity contribution in [3.63, 3.8) is 0 Å². The molecule has 0 aliphatic heterocycles. The number of esters is 1. The van der Waals surface area contributed by atoms with Gasteiger partial charge in [-0.1, -0.05) is 12.5 Å². The summed E-state index contributed by atoms with van der Waals surface area (Å²) < 4.78 is 10.0. The first-order chi connectivity index (χ1) is 8.74. The van der Waals surface area contributed by atoms with E-state index in [9.17, 15) is 4.79 Å². The molecule has 18 heavy (non-hydrogen) atoms. The monoisotopic (exact) mass is 249 g/mol. The second-order valence-electron chi connectivity index (χ2n) is 4.57. The highest BCUT2D eigenvalue weighted by molar-refractivity contribution is 5.79. The first kappa shape index (κ1) is 12.7. The Balaban J connectivity index is 2.09. The summed E-state index contributed by atoms with van der Waals surface area (Å²) in [5.41, 5.74) is 0.886. The number of ether oxygens (including phenoxy) is 2. The zero-order valence-corrected chi connectivity index (χ0v) is 10.8. The fraction of sp³-hybridized carbons (Fsp3) is 0.500. The van der Waals surface area contributed by atoms with Crippen molar-refractivity contribution >= 4 is 11.7 Å². The second-order valence-corrected chi connectivity index (χ2v) is 4.57. The van der Waals surface area contributed by atoms with Gasteiger partial charge in [0.1, 0.15) is 11.8 Å². The molecule has 4 heteroatoms. The minimum absolute atomic E-state index is 0.192. The Bertz CT molecular complexity index is 415. The molecule has 0 saturated heterocycles. The fourth-order valence-corrected chi connectivity index (χ4v) is 2.16. The highest BCUT2D eigenvalue weighted by Gasteiger charge is 2.33. The lowest BCUT2D eigenvalue weighted by molar-refractivity contribution is -0.143. The molecule has 0 radical (unpaired) electrons. The summed E-state index contributed by atoms with van der Waals surface area (Å²) in [6.45, 7) is 0. The zero-order chi connectivity index (χ0) is 13.0. The molecule has 1 aliphatic carbocycles. The third-order valence-electron chi connectivity index (χ3n) is 3.47. The van der Waals surface area contributed by atoms with Crippen LogP contribution in [0.25, 0.3) is 0 Å². The van der Waals surface area contributed by atoms with Crippen molar-refractivity contribution in [1.29, 1.82) is 0 Å². The number of carbonyl (C=O) groups excluding carboxylic acids is 1. The minimum atomic E-state index is -0.254. The number of benzene rings is 1. The summed E-state index contributed by atoms with van der Waals surface area (Å²) in [5, 5.41) is 3.25. The zero-order valence-electron chi connectivity index (χ0n) is 10.8. The quantitative estimate of drug-likeness (QED) is 0.814. The van der Waals surface area contributed by atoms with Crippen LogP contribution in [0.2, 0.25) is 0 Å². The van der Waals surface area contributed by atoms with Gasteiger partial charge in [0, 0.05) is 11.8 Å². The molecule has 1 N–H and O–H groups in total. The summed E-state index contributed by atoms with van der Waals surface area (Å²) >= 11 is 0. The van der Waals surface area contributed by atoms with Gasteiger partial charge in [0.2, 0.25) is 0 Å². The Morgan fingerprint density at radius 2 is 2.17 bits per heavy atom. The van der Waals surface area contributed by atoms with Crippen LogP contribution in [-0.4, -0.2) is 26.2 Å². The lowest BCUT2D eigenvalue weighted by Crippen LogP contribution is -2.41. The third-order valence-corrected chi connectivity index (χ3v) is 3.47. The van der Waals surface area contributed by atoms with Gasteiger partial charge in [-0.15, -0.1) is 0 Å². The van der Waals surface area contributed by atoms with Crippen molar-refractivity contribution in [3.05, 3.63) is 24.3 Å². The molecule has 0 aromatic heterocycles. The van der Waals surface area contributed by atoms with Crippen molar-refractivity contribution in [2.75, 3.05) is 19.5 Å². The van der Waals surface area contributed by atoms with Gasteiger partial charge in [0.25, 0.3) is 0 Å². The summed E-state index contributed by atoms with van der Waals surface area (Å²) in [6.07, 6.45) is 3.35. The maximum absolute atomic E-state index is 11.8. The Labute approximate surface area is 107 Å². The van der Waals surface area contributed by atoms with Crippen LogP contribution < -0.4 is 10.1 Å². The Morgan fingerprint density at radius 1 is 1.39 bits per heavy atom. The summed E-state index contributed by atoms with van der Waals surface area (Å²) in [5.74, 6) is 0.961. The first-order valence-electron chi connectivity index (χ1n) is 6.23. The van der Waals surface area contributed by atoms with E-state index in [0.29, 0.717) is 5.92 Å². The largest absolute Gasteiger partial charge is 0.497 e. The highest BCUT2D eigenvalue weighted by atomic mass is 16.5. The molecule has 1 unspecified atom stereocenters. The van der Waals surface area contributed by atoms with E-state index in [1.807, 2.05) is 24.3 Å². The van der Waals surface area contributed by atoms with E-state index >= 15 is 0 Å². The number of nitrogens with one attached hydrogen (secondary N) is 1. The lowest BCUT2D eigenvalue weighted by atomic mass is 9.79. The van der Waals surface area contributed by atoms with Crippen molar-refractivity contribution in [3.8, 4) is 5.75 Å². The van der Waals surface area contributed by atoms with Crippen LogP contribution in [0.4, 0.5) is 5.69 Å². The summed E-state index contributed by atoms with van der Waals surface area (Å²) in [4.78, 5) is 11.8. The molecular weight excluding hydrogens is 230 g/mol. The number of hydrogen-bond acceptors (Lipinski definition) is 4. The predicted molar refractivity (Wildman–Crippen MR) is 69.8 cm³/mol. The smallest absolute Gasteiger partial charge is 0.328 e. The third kappa shape index (κ3) is 2.75. The van der Waals surface area contributed by atoms with Crippen molar-refractivity contribution < 1.29 is 14.3 Å². The molecule has 0 spiro atoms. The second kappa shape index (κ2) is 5.76. The van der Waals surface area contributed by atoms with Crippen LogP contribution in [0.1, 0.15) is 19.3 Å². The van der Waals surface area contributed by atoms with E-state index in [-0.39, 0.29) is 12.0 Å². The molecule has 0 amide bonds. The summed E-state index contributed by atoms with van der Waals surface area (Å²) in [7, 11) is 3.06. The van der Waals surface area contributed by atoms with E-state index in [1.165, 1.54) is 13.5 Å². The van der Waals surface area contributed by atoms with Gasteiger partial charge in [0.15, 0.2) is 0 Å². The van der Waals surface area contributed by atoms with E-state index in [0.717, 1.165) is 24.3 Å². The average molecular weight is 249 g/mol. The molecule has 1 fully saturated rings. The van der Waals surface area contributed by atoms with E-state index in [2.05, 4.69) is 5.32 Å². The fourth-order valence-electron chi connectivity index (χ4n) is 2.16. The molecule has 4 nitrogen and oxygen atoms in total. The number of rotatable bonds is 5. The van der Waals surface area contributed by atoms with Gasteiger partial charge in [-0.2, -0.15) is 0 Å². The maximum atomic E-state index is 11.8. The van der Waals surface area contributed by atoms with Crippen molar-refractivity contribution in [2.24, 2.45) is 5.92 Å². The van der Waals surface area contributed by atoms with Crippen molar-refractivity contribution in [1.82, 2.24) is 0 Å².